The lowest BCUT2D eigenvalue weighted by atomic mass is 10.2. The van der Waals surface area contributed by atoms with Crippen LogP contribution >= 0.6 is 23.5 Å². The van der Waals surface area contributed by atoms with Gasteiger partial charge in [0.05, 0.1) is 17.1 Å². The third-order valence-electron chi connectivity index (χ3n) is 4.30. The average molecular weight is 400 g/mol. The maximum Gasteiger partial charge on any atom is 0.221 e. The van der Waals surface area contributed by atoms with E-state index in [4.69, 9.17) is 0 Å². The van der Waals surface area contributed by atoms with Gasteiger partial charge in [0.15, 0.2) is 0 Å². The fourth-order valence-electron chi connectivity index (χ4n) is 2.81. The van der Waals surface area contributed by atoms with Gasteiger partial charge in [-0.15, -0.1) is 11.8 Å². The third kappa shape index (κ3) is 5.78. The molecular weight excluding hydrogens is 374 g/mol. The van der Waals surface area contributed by atoms with Gasteiger partial charge in [-0.1, -0.05) is 29.8 Å². The number of thioether (sulfide) groups is 2. The zero-order valence-corrected chi connectivity index (χ0v) is 17.3. The highest BCUT2D eigenvalue weighted by molar-refractivity contribution is 7.99. The Morgan fingerprint density at radius 3 is 2.67 bits per heavy atom. The first-order valence-corrected chi connectivity index (χ1v) is 11.5. The molecule has 142 valence electrons. The Morgan fingerprint density at radius 1 is 1.15 bits per heavy atom. The summed E-state index contributed by atoms with van der Waals surface area (Å²) in [5.74, 6) is 2.65. The summed E-state index contributed by atoms with van der Waals surface area (Å²) in [6.07, 6.45) is 3.43. The topological polar surface area (TPSA) is 57.8 Å². The number of amides is 1. The van der Waals surface area contributed by atoms with Gasteiger partial charge in [-0.2, -0.15) is 11.8 Å². The van der Waals surface area contributed by atoms with Crippen molar-refractivity contribution in [2.24, 2.45) is 0 Å². The van der Waals surface area contributed by atoms with Crippen LogP contribution in [0.3, 0.4) is 0 Å². The largest absolute Gasteiger partial charge is 0.346 e. The molecule has 1 atom stereocenters. The van der Waals surface area contributed by atoms with E-state index in [9.17, 15) is 4.79 Å². The highest BCUT2D eigenvalue weighted by Gasteiger charge is 2.18. The fraction of sp³-hybridized carbons (Fsp3) is 0.333. The molecule has 3 aromatic rings. The summed E-state index contributed by atoms with van der Waals surface area (Å²) in [6.45, 7) is 2.08. The predicted molar refractivity (Wildman–Crippen MR) is 116 cm³/mol. The number of aromatic amines is 1. The number of H-pyrrole nitrogens is 1. The van der Waals surface area contributed by atoms with Gasteiger partial charge in [0.2, 0.25) is 5.91 Å². The molecule has 0 aliphatic carbocycles. The van der Waals surface area contributed by atoms with Crippen LogP contribution in [0.5, 0.6) is 0 Å². The van der Waals surface area contributed by atoms with Gasteiger partial charge in [0, 0.05) is 17.1 Å². The molecule has 4 nitrogen and oxygen atoms in total. The molecule has 27 heavy (non-hydrogen) atoms. The molecule has 0 bridgehead atoms. The number of imidazole rings is 1. The number of carbonyl (C=O) groups excluding carboxylic acids is 1. The highest BCUT2D eigenvalue weighted by atomic mass is 32.2. The van der Waals surface area contributed by atoms with E-state index >= 15 is 0 Å². The number of nitrogens with zero attached hydrogens (tertiary/aromatic N) is 1. The summed E-state index contributed by atoms with van der Waals surface area (Å²) in [7, 11) is 0. The van der Waals surface area contributed by atoms with E-state index in [2.05, 4.69) is 52.7 Å². The maximum atomic E-state index is 12.5. The Hall–Kier alpha value is -1.92. The van der Waals surface area contributed by atoms with Gasteiger partial charge in [0.25, 0.3) is 0 Å². The Balaban J connectivity index is 1.58. The van der Waals surface area contributed by atoms with Crippen molar-refractivity contribution >= 4 is 40.5 Å². The van der Waals surface area contributed by atoms with Crippen molar-refractivity contribution in [3.63, 3.8) is 0 Å². The van der Waals surface area contributed by atoms with Gasteiger partial charge >= 0.3 is 0 Å². The number of carbonyl (C=O) groups is 1. The normalized spacial score (nSPS) is 12.2. The number of nitrogens with one attached hydrogen (secondary N) is 2. The summed E-state index contributed by atoms with van der Waals surface area (Å²) in [4.78, 5) is 21.7. The van der Waals surface area contributed by atoms with Crippen LogP contribution in [0.25, 0.3) is 11.0 Å². The SMILES string of the molecule is CSCCC(NC(=O)CCSc1ccc(C)cc1)c1nc2ccccc2[nH]1. The van der Waals surface area contributed by atoms with Crippen LogP contribution in [-0.4, -0.2) is 33.6 Å². The zero-order chi connectivity index (χ0) is 19.1. The quantitative estimate of drug-likeness (QED) is 0.499. The van der Waals surface area contributed by atoms with Crippen LogP contribution in [0.4, 0.5) is 0 Å². The number of benzene rings is 2. The van der Waals surface area contributed by atoms with Crippen LogP contribution in [0.1, 0.15) is 30.3 Å². The van der Waals surface area contributed by atoms with E-state index in [0.717, 1.165) is 34.8 Å². The van der Waals surface area contributed by atoms with E-state index in [1.807, 2.05) is 24.3 Å². The molecule has 0 fully saturated rings. The number of aromatic nitrogens is 2. The molecule has 3 rings (SSSR count). The van der Waals surface area contributed by atoms with Gasteiger partial charge < -0.3 is 10.3 Å². The number of aryl methyl sites for hydroxylation is 1. The second-order valence-corrected chi connectivity index (χ2v) is 8.61. The number of rotatable bonds is 9. The lowest BCUT2D eigenvalue weighted by Gasteiger charge is -2.16. The summed E-state index contributed by atoms with van der Waals surface area (Å²) >= 11 is 3.49. The first kappa shape index (κ1) is 19.8. The molecule has 2 aromatic carbocycles. The molecule has 0 saturated heterocycles. The van der Waals surface area contributed by atoms with Crippen molar-refractivity contribution in [1.82, 2.24) is 15.3 Å². The minimum atomic E-state index is -0.0817. The predicted octanol–water partition coefficient (Wildman–Crippen LogP) is 4.96. The second kappa shape index (κ2) is 9.85. The maximum absolute atomic E-state index is 12.5. The number of fused-ring (bicyclic) bond motifs is 1. The van der Waals surface area contributed by atoms with Crippen molar-refractivity contribution in [2.75, 3.05) is 17.8 Å². The Morgan fingerprint density at radius 2 is 1.93 bits per heavy atom. The Kier molecular flexibility index (Phi) is 7.24. The van der Waals surface area contributed by atoms with Gasteiger partial charge in [0.1, 0.15) is 5.82 Å². The van der Waals surface area contributed by atoms with E-state index in [1.54, 1.807) is 23.5 Å². The lowest BCUT2D eigenvalue weighted by molar-refractivity contribution is -0.121. The van der Waals surface area contributed by atoms with Crippen molar-refractivity contribution in [2.45, 2.75) is 30.7 Å². The number of hydrogen-bond donors (Lipinski definition) is 2. The summed E-state index contributed by atoms with van der Waals surface area (Å²) in [6, 6.07) is 16.3. The average Bonchev–Trinajstić information content (AvgIpc) is 3.11. The first-order valence-electron chi connectivity index (χ1n) is 9.08. The third-order valence-corrected chi connectivity index (χ3v) is 5.96. The zero-order valence-electron chi connectivity index (χ0n) is 15.7. The van der Waals surface area contributed by atoms with Crippen LogP contribution in [0, 0.1) is 6.92 Å². The molecular formula is C21H25N3OS2. The minimum absolute atomic E-state index is 0.0705. The van der Waals surface area contributed by atoms with E-state index in [1.165, 1.54) is 10.5 Å². The van der Waals surface area contributed by atoms with Crippen molar-refractivity contribution in [1.29, 1.82) is 0 Å². The van der Waals surface area contributed by atoms with Crippen LogP contribution in [0.2, 0.25) is 0 Å². The Labute approximate surface area is 168 Å². The minimum Gasteiger partial charge on any atom is -0.346 e. The molecule has 0 saturated carbocycles. The monoisotopic (exact) mass is 399 g/mol. The van der Waals surface area contributed by atoms with E-state index in [0.29, 0.717) is 6.42 Å². The smallest absolute Gasteiger partial charge is 0.221 e. The van der Waals surface area contributed by atoms with Crippen LogP contribution < -0.4 is 5.32 Å². The molecule has 1 amide bonds. The molecule has 6 heteroatoms. The molecule has 1 unspecified atom stereocenters. The van der Waals surface area contributed by atoms with E-state index in [-0.39, 0.29) is 11.9 Å². The molecule has 0 aliphatic rings. The van der Waals surface area contributed by atoms with E-state index < -0.39 is 0 Å². The molecule has 0 aliphatic heterocycles. The van der Waals surface area contributed by atoms with Crippen molar-refractivity contribution in [3.05, 3.63) is 59.9 Å². The lowest BCUT2D eigenvalue weighted by Crippen LogP contribution is -2.30. The second-order valence-electron chi connectivity index (χ2n) is 6.45. The van der Waals surface area contributed by atoms with Gasteiger partial charge in [-0.3, -0.25) is 4.79 Å². The standard InChI is InChI=1S/C21H25N3OS2/c1-15-7-9-16(10-8-15)27-14-12-20(25)22-19(11-13-26-2)21-23-17-5-3-4-6-18(17)24-21/h3-10,19H,11-14H2,1-2H3,(H,22,25)(H,23,24). The van der Waals surface area contributed by atoms with Crippen molar-refractivity contribution in [3.8, 4) is 0 Å². The molecule has 0 radical (unpaired) electrons. The molecule has 2 N–H and O–H groups in total. The molecule has 1 aromatic heterocycles. The number of para-hydroxylation sites is 2. The summed E-state index contributed by atoms with van der Waals surface area (Å²) < 4.78 is 0. The van der Waals surface area contributed by atoms with Gasteiger partial charge in [-0.05, 0) is 49.6 Å². The van der Waals surface area contributed by atoms with Crippen molar-refractivity contribution < 1.29 is 4.79 Å². The number of hydrogen-bond acceptors (Lipinski definition) is 4. The summed E-state index contributed by atoms with van der Waals surface area (Å²) in [5, 5.41) is 3.17. The molecule has 1 heterocycles. The van der Waals surface area contributed by atoms with Gasteiger partial charge in [-0.25, -0.2) is 4.98 Å². The fourth-order valence-corrected chi connectivity index (χ4v) is 4.14. The van der Waals surface area contributed by atoms with Crippen LogP contribution in [-0.2, 0) is 4.79 Å². The highest BCUT2D eigenvalue weighted by Crippen LogP contribution is 2.22. The Bertz CT molecular complexity index is 844. The van der Waals surface area contributed by atoms with Crippen LogP contribution in [0.15, 0.2) is 53.4 Å². The molecule has 0 spiro atoms. The summed E-state index contributed by atoms with van der Waals surface area (Å²) in [5.41, 5.74) is 3.19. The first-order chi connectivity index (χ1) is 13.2.